The second-order valence-electron chi connectivity index (χ2n) is 5.78. The lowest BCUT2D eigenvalue weighted by Gasteiger charge is -2.17. The van der Waals surface area contributed by atoms with E-state index in [1.54, 1.807) is 4.90 Å². The molecular formula is C17H18N2O5. The first-order valence-electron chi connectivity index (χ1n) is 7.61. The third-order valence-electron chi connectivity index (χ3n) is 4.14. The number of ether oxygens (including phenoxy) is 1. The number of fused-ring (bicyclic) bond motifs is 1. The number of hydrogen-bond acceptors (Lipinski definition) is 5. The van der Waals surface area contributed by atoms with Gasteiger partial charge in [-0.1, -0.05) is 6.07 Å². The van der Waals surface area contributed by atoms with Gasteiger partial charge in [-0.05, 0) is 43.0 Å². The van der Waals surface area contributed by atoms with Crippen molar-refractivity contribution in [3.63, 3.8) is 0 Å². The van der Waals surface area contributed by atoms with Gasteiger partial charge in [0.2, 0.25) is 0 Å². The molecule has 0 atom stereocenters. The number of carbonyl (C=O) groups is 2. The van der Waals surface area contributed by atoms with Gasteiger partial charge in [-0.2, -0.15) is 0 Å². The Morgan fingerprint density at radius 2 is 2.08 bits per heavy atom. The molecule has 126 valence electrons. The van der Waals surface area contributed by atoms with E-state index in [2.05, 4.69) is 18.0 Å². The Bertz CT molecular complexity index is 796. The fourth-order valence-electron chi connectivity index (χ4n) is 2.78. The van der Waals surface area contributed by atoms with Gasteiger partial charge < -0.3 is 19.2 Å². The van der Waals surface area contributed by atoms with Gasteiger partial charge in [0.1, 0.15) is 13.2 Å². The number of carbonyl (C=O) groups excluding carboxylic acids is 1. The van der Waals surface area contributed by atoms with Crippen molar-refractivity contribution in [1.29, 1.82) is 0 Å². The highest BCUT2D eigenvalue weighted by Gasteiger charge is 2.29. The highest BCUT2D eigenvalue weighted by molar-refractivity contribution is 6.06. The first-order valence-corrected chi connectivity index (χ1v) is 7.61. The standard InChI is InChI=1S/C17H18N2O5/c1-10-5-12-3-4-19(13(12)6-11(10)2)17(22)16-14(24-9-18-16)7-23-8-15(20)21/h5-6,9H,3-4,7-8H2,1-2H3,(H,20,21). The number of oxazole rings is 1. The predicted octanol–water partition coefficient (Wildman–Crippen LogP) is 2.10. The van der Waals surface area contributed by atoms with Crippen LogP contribution < -0.4 is 4.90 Å². The summed E-state index contributed by atoms with van der Waals surface area (Å²) in [5, 5.41) is 8.60. The molecule has 3 rings (SSSR count). The third kappa shape index (κ3) is 3.03. The number of rotatable bonds is 5. The maximum absolute atomic E-state index is 12.8. The Labute approximate surface area is 138 Å². The Balaban J connectivity index is 1.81. The van der Waals surface area contributed by atoms with Crippen LogP contribution in [0.15, 0.2) is 22.9 Å². The predicted molar refractivity (Wildman–Crippen MR) is 85.1 cm³/mol. The fourth-order valence-corrected chi connectivity index (χ4v) is 2.78. The SMILES string of the molecule is Cc1cc2c(cc1C)N(C(=O)c1ncoc1COCC(=O)O)CC2. The van der Waals surface area contributed by atoms with Crippen LogP contribution in [-0.2, 0) is 22.6 Å². The molecule has 2 aromatic rings. The molecule has 0 spiro atoms. The summed E-state index contributed by atoms with van der Waals surface area (Å²) in [4.78, 5) is 29.0. The molecule has 1 amide bonds. The molecule has 7 nitrogen and oxygen atoms in total. The molecular weight excluding hydrogens is 312 g/mol. The minimum atomic E-state index is -1.08. The molecule has 0 aliphatic carbocycles. The Kier molecular flexibility index (Phi) is 4.35. The molecule has 24 heavy (non-hydrogen) atoms. The van der Waals surface area contributed by atoms with Crippen molar-refractivity contribution in [3.05, 3.63) is 46.7 Å². The third-order valence-corrected chi connectivity index (χ3v) is 4.14. The number of carboxylic acids is 1. The number of aromatic nitrogens is 1. The van der Waals surface area contributed by atoms with Gasteiger partial charge in [-0.25, -0.2) is 9.78 Å². The second kappa shape index (κ2) is 6.45. The Morgan fingerprint density at radius 1 is 1.33 bits per heavy atom. The molecule has 0 radical (unpaired) electrons. The second-order valence-corrected chi connectivity index (χ2v) is 5.78. The average Bonchev–Trinajstić information content (AvgIpc) is 3.14. The normalized spacial score (nSPS) is 13.2. The zero-order valence-electron chi connectivity index (χ0n) is 13.5. The lowest BCUT2D eigenvalue weighted by atomic mass is 10.0. The van der Waals surface area contributed by atoms with Gasteiger partial charge >= 0.3 is 5.97 Å². The molecule has 0 unspecified atom stereocenters. The zero-order chi connectivity index (χ0) is 17.3. The molecule has 0 saturated carbocycles. The highest BCUT2D eigenvalue weighted by atomic mass is 16.5. The summed E-state index contributed by atoms with van der Waals surface area (Å²) >= 11 is 0. The zero-order valence-corrected chi connectivity index (χ0v) is 13.5. The van der Waals surface area contributed by atoms with Crippen LogP contribution in [0, 0.1) is 13.8 Å². The summed E-state index contributed by atoms with van der Waals surface area (Å²) in [7, 11) is 0. The maximum atomic E-state index is 12.8. The van der Waals surface area contributed by atoms with Crippen molar-refractivity contribution in [1.82, 2.24) is 4.98 Å². The number of aryl methyl sites for hydroxylation is 2. The Morgan fingerprint density at radius 3 is 2.83 bits per heavy atom. The van der Waals surface area contributed by atoms with Crippen molar-refractivity contribution in [2.75, 3.05) is 18.1 Å². The number of benzene rings is 1. The van der Waals surface area contributed by atoms with Crippen LogP contribution in [0.3, 0.4) is 0 Å². The first kappa shape index (κ1) is 16.2. The summed E-state index contributed by atoms with van der Waals surface area (Å²) in [5.74, 6) is -1.11. The molecule has 7 heteroatoms. The van der Waals surface area contributed by atoms with Gasteiger partial charge in [0, 0.05) is 12.2 Å². The van der Waals surface area contributed by atoms with Crippen LogP contribution in [0.1, 0.15) is 32.9 Å². The topological polar surface area (TPSA) is 92.9 Å². The Hall–Kier alpha value is -2.67. The first-order chi connectivity index (χ1) is 11.5. The summed E-state index contributed by atoms with van der Waals surface area (Å²) < 4.78 is 10.2. The van der Waals surface area contributed by atoms with Crippen LogP contribution in [-0.4, -0.2) is 35.1 Å². The molecule has 0 bridgehead atoms. The molecule has 1 aromatic carbocycles. The van der Waals surface area contributed by atoms with Crippen LogP contribution >= 0.6 is 0 Å². The van der Waals surface area contributed by atoms with E-state index in [-0.39, 0.29) is 24.0 Å². The smallest absolute Gasteiger partial charge is 0.329 e. The van der Waals surface area contributed by atoms with E-state index in [1.807, 2.05) is 13.0 Å². The van der Waals surface area contributed by atoms with E-state index < -0.39 is 12.6 Å². The summed E-state index contributed by atoms with van der Waals surface area (Å²) in [5.41, 5.74) is 4.51. The van der Waals surface area contributed by atoms with E-state index in [9.17, 15) is 9.59 Å². The molecule has 1 N–H and O–H groups in total. The van der Waals surface area contributed by atoms with Crippen molar-refractivity contribution in [2.24, 2.45) is 0 Å². The van der Waals surface area contributed by atoms with E-state index in [4.69, 9.17) is 14.3 Å². The number of hydrogen-bond donors (Lipinski definition) is 1. The van der Waals surface area contributed by atoms with Crippen LogP contribution in [0.25, 0.3) is 0 Å². The van der Waals surface area contributed by atoms with Gasteiger partial charge in [0.15, 0.2) is 17.8 Å². The lowest BCUT2D eigenvalue weighted by molar-refractivity contribution is -0.142. The molecule has 2 heterocycles. The summed E-state index contributed by atoms with van der Waals surface area (Å²) in [6, 6.07) is 4.12. The quantitative estimate of drug-likeness (QED) is 0.902. The average molecular weight is 330 g/mol. The molecule has 1 aliphatic rings. The minimum Gasteiger partial charge on any atom is -0.480 e. The monoisotopic (exact) mass is 330 g/mol. The van der Waals surface area contributed by atoms with Gasteiger partial charge in [0.25, 0.3) is 5.91 Å². The van der Waals surface area contributed by atoms with E-state index in [0.29, 0.717) is 6.54 Å². The van der Waals surface area contributed by atoms with Gasteiger partial charge in [-0.3, -0.25) is 4.79 Å². The summed E-state index contributed by atoms with van der Waals surface area (Å²) in [6.45, 7) is 4.08. The number of carboxylic acid groups (broad SMARTS) is 1. The van der Waals surface area contributed by atoms with Gasteiger partial charge in [0.05, 0.1) is 0 Å². The summed E-state index contributed by atoms with van der Waals surface area (Å²) in [6.07, 6.45) is 1.97. The van der Waals surface area contributed by atoms with Crippen LogP contribution in [0.5, 0.6) is 0 Å². The van der Waals surface area contributed by atoms with Crippen molar-refractivity contribution >= 4 is 17.6 Å². The fraction of sp³-hybridized carbons (Fsp3) is 0.353. The number of anilines is 1. The lowest BCUT2D eigenvalue weighted by Crippen LogP contribution is -2.30. The van der Waals surface area contributed by atoms with Crippen LogP contribution in [0.2, 0.25) is 0 Å². The van der Waals surface area contributed by atoms with E-state index in [0.717, 1.165) is 23.2 Å². The highest BCUT2D eigenvalue weighted by Crippen LogP contribution is 2.32. The molecule has 0 fully saturated rings. The van der Waals surface area contributed by atoms with Crippen molar-refractivity contribution < 1.29 is 23.8 Å². The van der Waals surface area contributed by atoms with Gasteiger partial charge in [-0.15, -0.1) is 0 Å². The van der Waals surface area contributed by atoms with Crippen molar-refractivity contribution in [3.8, 4) is 0 Å². The number of nitrogens with zero attached hydrogens (tertiary/aromatic N) is 2. The maximum Gasteiger partial charge on any atom is 0.329 e. The molecule has 1 aliphatic heterocycles. The number of amides is 1. The van der Waals surface area contributed by atoms with E-state index in [1.165, 1.54) is 12.0 Å². The van der Waals surface area contributed by atoms with E-state index >= 15 is 0 Å². The van der Waals surface area contributed by atoms with Crippen LogP contribution in [0.4, 0.5) is 5.69 Å². The molecule has 0 saturated heterocycles. The minimum absolute atomic E-state index is 0.110. The molecule has 1 aromatic heterocycles. The largest absolute Gasteiger partial charge is 0.480 e. The van der Waals surface area contributed by atoms with Crippen molar-refractivity contribution in [2.45, 2.75) is 26.9 Å². The number of aliphatic carboxylic acids is 1.